The van der Waals surface area contributed by atoms with Gasteiger partial charge in [-0.15, -0.1) is 0 Å². The van der Waals surface area contributed by atoms with Gasteiger partial charge in [-0.3, -0.25) is 0 Å². The predicted octanol–water partition coefficient (Wildman–Crippen LogP) is 1.67. The van der Waals surface area contributed by atoms with Crippen molar-refractivity contribution in [2.24, 2.45) is 0 Å². The highest BCUT2D eigenvalue weighted by Crippen LogP contribution is 2.30. The van der Waals surface area contributed by atoms with Crippen LogP contribution in [0.15, 0.2) is 12.1 Å². The van der Waals surface area contributed by atoms with Crippen LogP contribution in [0, 0.1) is 13.8 Å². The van der Waals surface area contributed by atoms with Crippen LogP contribution in [0.4, 0.5) is 0 Å². The van der Waals surface area contributed by atoms with E-state index in [2.05, 4.69) is 5.32 Å². The monoisotopic (exact) mass is 207 g/mol. The molecule has 0 aromatic heterocycles. The normalized spacial score (nSPS) is 21.6. The molecule has 0 amide bonds. The number of aromatic hydroxyl groups is 1. The van der Waals surface area contributed by atoms with Crippen molar-refractivity contribution in [2.75, 3.05) is 19.7 Å². The zero-order chi connectivity index (χ0) is 10.8. The Kier molecular flexibility index (Phi) is 2.93. The number of ether oxygens (including phenoxy) is 1. The fraction of sp³-hybridized carbons (Fsp3) is 0.500. The Morgan fingerprint density at radius 3 is 2.87 bits per heavy atom. The van der Waals surface area contributed by atoms with Gasteiger partial charge in [0.15, 0.2) is 0 Å². The molecule has 2 N–H and O–H groups in total. The summed E-state index contributed by atoms with van der Waals surface area (Å²) in [4.78, 5) is 0. The largest absolute Gasteiger partial charge is 0.507 e. The third-order valence-corrected chi connectivity index (χ3v) is 2.95. The average Bonchev–Trinajstić information content (AvgIpc) is 2.27. The lowest BCUT2D eigenvalue weighted by molar-refractivity contribution is 0.0272. The van der Waals surface area contributed by atoms with Crippen LogP contribution >= 0.6 is 0 Å². The Labute approximate surface area is 90.1 Å². The van der Waals surface area contributed by atoms with E-state index in [1.165, 1.54) is 0 Å². The highest BCUT2D eigenvalue weighted by atomic mass is 16.5. The van der Waals surface area contributed by atoms with E-state index >= 15 is 0 Å². The average molecular weight is 207 g/mol. The van der Waals surface area contributed by atoms with Gasteiger partial charge in [0.05, 0.1) is 12.7 Å². The quantitative estimate of drug-likeness (QED) is 0.736. The Hall–Kier alpha value is -1.06. The van der Waals surface area contributed by atoms with Crippen LogP contribution in [0.2, 0.25) is 0 Å². The minimum Gasteiger partial charge on any atom is -0.507 e. The van der Waals surface area contributed by atoms with Crippen molar-refractivity contribution in [3.8, 4) is 5.75 Å². The number of rotatable bonds is 1. The maximum Gasteiger partial charge on any atom is 0.121 e. The van der Waals surface area contributed by atoms with Gasteiger partial charge in [-0.1, -0.05) is 12.1 Å². The molecule has 1 aromatic rings. The first-order valence-electron chi connectivity index (χ1n) is 5.31. The Morgan fingerprint density at radius 2 is 2.20 bits per heavy atom. The molecular weight excluding hydrogens is 190 g/mol. The Bertz CT molecular complexity index is 357. The lowest BCUT2D eigenvalue weighted by Gasteiger charge is -2.25. The molecule has 0 saturated carbocycles. The van der Waals surface area contributed by atoms with Crippen molar-refractivity contribution in [1.82, 2.24) is 5.32 Å². The minimum atomic E-state index is 0.0743. The third-order valence-electron chi connectivity index (χ3n) is 2.95. The molecule has 3 nitrogen and oxygen atoms in total. The molecule has 1 heterocycles. The van der Waals surface area contributed by atoms with Crippen molar-refractivity contribution >= 4 is 0 Å². The van der Waals surface area contributed by atoms with Crippen molar-refractivity contribution in [3.05, 3.63) is 28.8 Å². The second-order valence-corrected chi connectivity index (χ2v) is 4.01. The minimum absolute atomic E-state index is 0.0743. The van der Waals surface area contributed by atoms with Crippen LogP contribution in [-0.4, -0.2) is 24.8 Å². The summed E-state index contributed by atoms with van der Waals surface area (Å²) in [6, 6.07) is 3.98. The van der Waals surface area contributed by atoms with Gasteiger partial charge in [0, 0.05) is 13.1 Å². The van der Waals surface area contributed by atoms with Crippen molar-refractivity contribution in [3.63, 3.8) is 0 Å². The number of benzene rings is 1. The maximum absolute atomic E-state index is 9.84. The first-order valence-corrected chi connectivity index (χ1v) is 5.31. The maximum atomic E-state index is 9.84. The summed E-state index contributed by atoms with van der Waals surface area (Å²) in [5.41, 5.74) is 2.94. The fourth-order valence-electron chi connectivity index (χ4n) is 1.97. The van der Waals surface area contributed by atoms with Gasteiger partial charge in [-0.25, -0.2) is 0 Å². The molecule has 1 atom stereocenters. The zero-order valence-electron chi connectivity index (χ0n) is 9.21. The number of morpholine rings is 1. The number of phenolic OH excluding ortho intramolecular Hbond substituents is 1. The van der Waals surface area contributed by atoms with Crippen LogP contribution in [0.1, 0.15) is 22.8 Å². The summed E-state index contributed by atoms with van der Waals surface area (Å²) in [5.74, 6) is 0.390. The summed E-state index contributed by atoms with van der Waals surface area (Å²) in [7, 11) is 0. The smallest absolute Gasteiger partial charge is 0.121 e. The summed E-state index contributed by atoms with van der Waals surface area (Å²) in [5, 5.41) is 13.1. The van der Waals surface area contributed by atoms with E-state index in [0.29, 0.717) is 5.75 Å². The standard InChI is InChI=1S/C12H17NO2/c1-8-3-4-10(9(2)12(8)14)11-7-13-5-6-15-11/h3-4,11,13-14H,5-7H2,1-2H3. The number of phenols is 1. The SMILES string of the molecule is Cc1ccc(C2CNCCO2)c(C)c1O. The summed E-state index contributed by atoms with van der Waals surface area (Å²) in [6.45, 7) is 6.32. The molecule has 0 spiro atoms. The third kappa shape index (κ3) is 1.98. The molecule has 1 fully saturated rings. The molecule has 82 valence electrons. The molecule has 2 rings (SSSR count). The molecule has 0 aliphatic carbocycles. The van der Waals surface area contributed by atoms with Gasteiger partial charge in [-0.05, 0) is 30.5 Å². The highest BCUT2D eigenvalue weighted by Gasteiger charge is 2.19. The molecule has 1 saturated heterocycles. The van der Waals surface area contributed by atoms with Crippen LogP contribution in [0.25, 0.3) is 0 Å². The van der Waals surface area contributed by atoms with Crippen molar-refractivity contribution in [1.29, 1.82) is 0 Å². The molecule has 1 aliphatic rings. The number of aryl methyl sites for hydroxylation is 1. The van der Waals surface area contributed by atoms with Crippen LogP contribution in [0.5, 0.6) is 5.75 Å². The summed E-state index contributed by atoms with van der Waals surface area (Å²) in [6.07, 6.45) is 0.0743. The van der Waals surface area contributed by atoms with E-state index in [1.807, 2.05) is 26.0 Å². The summed E-state index contributed by atoms with van der Waals surface area (Å²) < 4.78 is 5.67. The van der Waals surface area contributed by atoms with Gasteiger partial charge >= 0.3 is 0 Å². The fourth-order valence-corrected chi connectivity index (χ4v) is 1.97. The van der Waals surface area contributed by atoms with Crippen molar-refractivity contribution in [2.45, 2.75) is 20.0 Å². The van der Waals surface area contributed by atoms with Crippen LogP contribution < -0.4 is 5.32 Å². The van der Waals surface area contributed by atoms with E-state index < -0.39 is 0 Å². The molecule has 0 bridgehead atoms. The zero-order valence-corrected chi connectivity index (χ0v) is 9.21. The van der Waals surface area contributed by atoms with E-state index in [4.69, 9.17) is 4.74 Å². The van der Waals surface area contributed by atoms with E-state index in [-0.39, 0.29) is 6.10 Å². The lowest BCUT2D eigenvalue weighted by Crippen LogP contribution is -2.33. The van der Waals surface area contributed by atoms with E-state index in [9.17, 15) is 5.11 Å². The molecule has 1 aromatic carbocycles. The molecular formula is C12H17NO2. The molecule has 1 unspecified atom stereocenters. The van der Waals surface area contributed by atoms with Crippen molar-refractivity contribution < 1.29 is 9.84 Å². The molecule has 1 aliphatic heterocycles. The summed E-state index contributed by atoms with van der Waals surface area (Å²) >= 11 is 0. The highest BCUT2D eigenvalue weighted by molar-refractivity contribution is 5.45. The van der Waals surface area contributed by atoms with E-state index in [0.717, 1.165) is 36.4 Å². The lowest BCUT2D eigenvalue weighted by atomic mass is 9.99. The second kappa shape index (κ2) is 4.21. The second-order valence-electron chi connectivity index (χ2n) is 4.01. The number of nitrogens with one attached hydrogen (secondary N) is 1. The van der Waals surface area contributed by atoms with Gasteiger partial charge in [0.1, 0.15) is 5.75 Å². The van der Waals surface area contributed by atoms with Crippen LogP contribution in [-0.2, 0) is 4.74 Å². The molecule has 0 radical (unpaired) electrons. The number of hydrogen-bond donors (Lipinski definition) is 2. The first kappa shape index (κ1) is 10.5. The molecule has 15 heavy (non-hydrogen) atoms. The topological polar surface area (TPSA) is 41.5 Å². The van der Waals surface area contributed by atoms with Gasteiger partial charge < -0.3 is 15.2 Å². The molecule has 3 heteroatoms. The first-order chi connectivity index (χ1) is 7.20. The Morgan fingerprint density at radius 1 is 1.40 bits per heavy atom. The number of hydrogen-bond acceptors (Lipinski definition) is 3. The Balaban J connectivity index is 2.31. The van der Waals surface area contributed by atoms with Gasteiger partial charge in [0.25, 0.3) is 0 Å². The van der Waals surface area contributed by atoms with Gasteiger partial charge in [-0.2, -0.15) is 0 Å². The van der Waals surface area contributed by atoms with Gasteiger partial charge in [0.2, 0.25) is 0 Å². The van der Waals surface area contributed by atoms with Crippen LogP contribution in [0.3, 0.4) is 0 Å². The van der Waals surface area contributed by atoms with E-state index in [1.54, 1.807) is 0 Å². The predicted molar refractivity (Wildman–Crippen MR) is 59.1 cm³/mol.